The van der Waals surface area contributed by atoms with E-state index in [0.29, 0.717) is 7.92 Å². The minimum Gasteiger partial charge on any atom is -0.107 e. The average molecular weight is 219 g/mol. The molecule has 2 heteroatoms. The van der Waals surface area contributed by atoms with Gasteiger partial charge in [0.05, 0.1) is 0 Å². The van der Waals surface area contributed by atoms with E-state index in [1.165, 1.54) is 37.7 Å². The maximum Gasteiger partial charge on any atom is 0 e. The third kappa shape index (κ3) is 8.83. The van der Waals surface area contributed by atoms with Gasteiger partial charge in [0.2, 0.25) is 0 Å². The molecule has 11 heavy (non-hydrogen) atoms. The molecule has 0 heterocycles. The van der Waals surface area contributed by atoms with E-state index in [4.69, 9.17) is 0 Å². The molecular weight excluding hydrogens is 198 g/mol. The molecule has 0 spiro atoms. The van der Waals surface area contributed by atoms with Crippen molar-refractivity contribution in [3.05, 3.63) is 0 Å². The molecule has 0 aromatic heterocycles. The fraction of sp³-hybridized carbons (Fsp3) is 1.00. The van der Waals surface area contributed by atoms with Gasteiger partial charge in [0.15, 0.2) is 0 Å². The quantitative estimate of drug-likeness (QED) is 0.471. The Hall–Kier alpha value is 0.924. The van der Waals surface area contributed by atoms with Gasteiger partial charge in [-0.15, -0.1) is 7.92 Å². The first-order chi connectivity index (χ1) is 4.85. The Morgan fingerprint density at radius 2 is 1.00 bits per heavy atom. The molecule has 0 fully saturated rings. The molecule has 0 saturated heterocycles. The largest absolute Gasteiger partial charge is 0.107 e. The summed E-state index contributed by atoms with van der Waals surface area (Å²) in [6.45, 7) is 6.92. The van der Waals surface area contributed by atoms with Gasteiger partial charge in [-0.2, -0.15) is 0 Å². The summed E-state index contributed by atoms with van der Waals surface area (Å²) in [5.41, 5.74) is 0. The first kappa shape index (κ1) is 14.4. The molecule has 0 aromatic rings. The van der Waals surface area contributed by atoms with E-state index in [1.54, 1.807) is 0 Å². The smallest absolute Gasteiger partial charge is 0 e. The van der Waals surface area contributed by atoms with Gasteiger partial charge < -0.3 is 0 Å². The monoisotopic (exact) mass is 218 g/mol. The molecule has 0 bridgehead atoms. The van der Waals surface area contributed by atoms with E-state index in [0.717, 1.165) is 0 Å². The zero-order chi connectivity index (χ0) is 7.82. The van der Waals surface area contributed by atoms with Crippen molar-refractivity contribution in [1.82, 2.24) is 0 Å². The summed E-state index contributed by atoms with van der Waals surface area (Å²) in [4.78, 5) is 0. The van der Waals surface area contributed by atoms with E-state index in [9.17, 15) is 0 Å². The first-order valence-electron chi connectivity index (χ1n) is 4.57. The Morgan fingerprint density at radius 1 is 0.727 bits per heavy atom. The van der Waals surface area contributed by atoms with Gasteiger partial charge in [0.1, 0.15) is 0 Å². The first-order valence-corrected chi connectivity index (χ1v) is 6.47. The fourth-order valence-corrected chi connectivity index (χ4v) is 3.85. The van der Waals surface area contributed by atoms with Gasteiger partial charge in [0, 0.05) is 16.5 Å². The van der Waals surface area contributed by atoms with Crippen molar-refractivity contribution < 1.29 is 16.5 Å². The van der Waals surface area contributed by atoms with Crippen LogP contribution in [0.1, 0.15) is 40.0 Å². The number of hydrogen-bond acceptors (Lipinski definition) is 0. The molecule has 0 N–H and O–H groups in total. The van der Waals surface area contributed by atoms with Crippen molar-refractivity contribution in [1.29, 1.82) is 0 Å². The molecule has 0 aliphatic carbocycles. The molecule has 0 unspecified atom stereocenters. The molecule has 0 radical (unpaired) electrons. The summed E-state index contributed by atoms with van der Waals surface area (Å²) in [5, 5.41) is 0. The van der Waals surface area contributed by atoms with Gasteiger partial charge in [0.25, 0.3) is 0 Å². The Kier molecular flexibility index (Phi) is 14.3. The summed E-state index contributed by atoms with van der Waals surface area (Å²) in [7, 11) is 0.439. The van der Waals surface area contributed by atoms with Crippen LogP contribution in [0.3, 0.4) is 0 Å². The second-order valence-corrected chi connectivity index (χ2v) is 5.52. The van der Waals surface area contributed by atoms with Crippen LogP contribution in [0.5, 0.6) is 0 Å². The van der Waals surface area contributed by atoms with Crippen LogP contribution in [-0.2, 0) is 16.5 Å². The van der Waals surface area contributed by atoms with Crippen LogP contribution >= 0.6 is 7.92 Å². The van der Waals surface area contributed by atoms with Crippen molar-refractivity contribution in [3.63, 3.8) is 0 Å². The van der Waals surface area contributed by atoms with Crippen molar-refractivity contribution in [2.24, 2.45) is 0 Å². The standard InChI is InChI=1S/C9H21P.Ni/c1-4-7-10(8-5-2)9-6-3;/h4-9H2,1-3H3;. The molecular formula is C9H21NiP. The van der Waals surface area contributed by atoms with E-state index < -0.39 is 0 Å². The predicted octanol–water partition coefficient (Wildman–Crippen LogP) is 3.70. The number of rotatable bonds is 6. The summed E-state index contributed by atoms with van der Waals surface area (Å²) in [6, 6.07) is 0. The molecule has 0 amide bonds. The van der Waals surface area contributed by atoms with Crippen LogP contribution in [0.15, 0.2) is 0 Å². The van der Waals surface area contributed by atoms with Crippen LogP contribution < -0.4 is 0 Å². The molecule has 0 nitrogen and oxygen atoms in total. The molecule has 0 aromatic carbocycles. The Bertz CT molecular complexity index is 52.3. The third-order valence-corrected chi connectivity index (χ3v) is 4.86. The van der Waals surface area contributed by atoms with Crippen LogP contribution in [0, 0.1) is 0 Å². The Balaban J connectivity index is 0. The summed E-state index contributed by atoms with van der Waals surface area (Å²) < 4.78 is 0. The predicted molar refractivity (Wildman–Crippen MR) is 52.4 cm³/mol. The van der Waals surface area contributed by atoms with Crippen LogP contribution in [0.25, 0.3) is 0 Å². The summed E-state index contributed by atoms with van der Waals surface area (Å²) in [5.74, 6) is 0. The normalized spacial score (nSPS) is 9.82. The molecule has 72 valence electrons. The zero-order valence-electron chi connectivity index (χ0n) is 8.01. The van der Waals surface area contributed by atoms with E-state index in [1.807, 2.05) is 0 Å². The number of hydrogen-bond donors (Lipinski definition) is 0. The van der Waals surface area contributed by atoms with Gasteiger partial charge in [-0.1, -0.05) is 40.0 Å². The van der Waals surface area contributed by atoms with Crippen molar-refractivity contribution in [2.75, 3.05) is 18.5 Å². The van der Waals surface area contributed by atoms with Crippen molar-refractivity contribution >= 4 is 7.92 Å². The second-order valence-electron chi connectivity index (χ2n) is 2.84. The topological polar surface area (TPSA) is 0 Å². The second kappa shape index (κ2) is 10.9. The van der Waals surface area contributed by atoms with E-state index in [-0.39, 0.29) is 16.5 Å². The SMILES string of the molecule is CCCP(CCC)CCC.[Ni]. The fourth-order valence-electron chi connectivity index (χ4n) is 1.28. The molecule has 0 aliphatic heterocycles. The summed E-state index contributed by atoms with van der Waals surface area (Å²) >= 11 is 0. The van der Waals surface area contributed by atoms with E-state index >= 15 is 0 Å². The minimum atomic E-state index is 0. The maximum absolute atomic E-state index is 2.31. The molecule has 0 aliphatic rings. The van der Waals surface area contributed by atoms with E-state index in [2.05, 4.69) is 20.8 Å². The van der Waals surface area contributed by atoms with Crippen LogP contribution in [-0.4, -0.2) is 18.5 Å². The molecule has 0 rings (SSSR count). The van der Waals surface area contributed by atoms with Crippen LogP contribution in [0.4, 0.5) is 0 Å². The molecule has 0 atom stereocenters. The molecule has 0 saturated carbocycles. The zero-order valence-corrected chi connectivity index (χ0v) is 9.89. The van der Waals surface area contributed by atoms with Crippen molar-refractivity contribution in [2.45, 2.75) is 40.0 Å². The van der Waals surface area contributed by atoms with Gasteiger partial charge in [-0.05, 0) is 18.5 Å². The Morgan fingerprint density at radius 3 is 1.18 bits per heavy atom. The average Bonchev–Trinajstić information content (AvgIpc) is 1.90. The van der Waals surface area contributed by atoms with Crippen molar-refractivity contribution in [3.8, 4) is 0 Å². The Labute approximate surface area is 83.2 Å². The maximum atomic E-state index is 2.31. The van der Waals surface area contributed by atoms with Gasteiger partial charge in [-0.25, -0.2) is 0 Å². The summed E-state index contributed by atoms with van der Waals surface area (Å²) in [6.07, 6.45) is 8.72. The van der Waals surface area contributed by atoms with Crippen LogP contribution in [0.2, 0.25) is 0 Å². The van der Waals surface area contributed by atoms with Gasteiger partial charge >= 0.3 is 0 Å². The third-order valence-electron chi connectivity index (χ3n) is 1.62. The van der Waals surface area contributed by atoms with Gasteiger partial charge in [-0.3, -0.25) is 0 Å². The minimum absolute atomic E-state index is 0.